The van der Waals surface area contributed by atoms with E-state index in [-0.39, 0.29) is 11.3 Å². The molecule has 0 heterocycles. The third-order valence-corrected chi connectivity index (χ3v) is 3.68. The number of halogens is 2. The van der Waals surface area contributed by atoms with Gasteiger partial charge in [-0.2, -0.15) is 0 Å². The Morgan fingerprint density at radius 1 is 1.20 bits per heavy atom. The highest BCUT2D eigenvalue weighted by molar-refractivity contribution is 9.10. The van der Waals surface area contributed by atoms with Crippen LogP contribution in [0, 0.1) is 11.7 Å². The quantitative estimate of drug-likeness (QED) is 0.717. The second kappa shape index (κ2) is 6.31. The van der Waals surface area contributed by atoms with Gasteiger partial charge >= 0.3 is 0 Å². The van der Waals surface area contributed by atoms with Crippen LogP contribution in [0.25, 0.3) is 0 Å². The standard InChI is InChI=1S/C17H16BrFO/c1-11(2)9-12-5-3-6-13(10-12)17(20)16-14(18)7-4-8-15(16)19/h3-8,10-11H,9H2,1-2H3. The van der Waals surface area contributed by atoms with Crippen molar-refractivity contribution < 1.29 is 9.18 Å². The Morgan fingerprint density at radius 3 is 2.55 bits per heavy atom. The molecule has 3 heteroatoms. The van der Waals surface area contributed by atoms with Crippen LogP contribution in [-0.4, -0.2) is 5.78 Å². The van der Waals surface area contributed by atoms with E-state index in [1.165, 1.54) is 6.07 Å². The first-order chi connectivity index (χ1) is 9.49. The minimum Gasteiger partial charge on any atom is -0.288 e. The van der Waals surface area contributed by atoms with Gasteiger partial charge in [0, 0.05) is 10.0 Å². The predicted molar refractivity (Wildman–Crippen MR) is 82.5 cm³/mol. The molecule has 0 aliphatic carbocycles. The van der Waals surface area contributed by atoms with Gasteiger partial charge in [-0.05, 0) is 52.0 Å². The van der Waals surface area contributed by atoms with Gasteiger partial charge in [0.15, 0.2) is 5.78 Å². The molecule has 0 saturated heterocycles. The van der Waals surface area contributed by atoms with E-state index in [9.17, 15) is 9.18 Å². The minimum atomic E-state index is -0.501. The first kappa shape index (κ1) is 14.9. The maximum Gasteiger partial charge on any atom is 0.197 e. The number of hydrogen-bond donors (Lipinski definition) is 0. The molecule has 2 aromatic carbocycles. The molecule has 0 atom stereocenters. The monoisotopic (exact) mass is 334 g/mol. The van der Waals surface area contributed by atoms with Crippen molar-refractivity contribution in [1.29, 1.82) is 0 Å². The van der Waals surface area contributed by atoms with Crippen LogP contribution in [0.3, 0.4) is 0 Å². The maximum absolute atomic E-state index is 13.8. The van der Waals surface area contributed by atoms with Crippen LogP contribution in [-0.2, 0) is 6.42 Å². The van der Waals surface area contributed by atoms with Crippen LogP contribution < -0.4 is 0 Å². The molecule has 0 unspecified atom stereocenters. The van der Waals surface area contributed by atoms with Crippen LogP contribution in [0.4, 0.5) is 4.39 Å². The lowest BCUT2D eigenvalue weighted by atomic mass is 9.97. The Balaban J connectivity index is 2.39. The number of hydrogen-bond acceptors (Lipinski definition) is 1. The van der Waals surface area contributed by atoms with E-state index in [1.807, 2.05) is 18.2 Å². The molecule has 0 aliphatic heterocycles. The van der Waals surface area contributed by atoms with Gasteiger partial charge in [0.05, 0.1) is 5.56 Å². The number of rotatable bonds is 4. The van der Waals surface area contributed by atoms with Gasteiger partial charge in [0.25, 0.3) is 0 Å². The molecule has 0 bridgehead atoms. The molecule has 1 nitrogen and oxygen atoms in total. The fourth-order valence-electron chi connectivity index (χ4n) is 2.17. The van der Waals surface area contributed by atoms with Crippen molar-refractivity contribution in [1.82, 2.24) is 0 Å². The van der Waals surface area contributed by atoms with Crippen LogP contribution in [0.15, 0.2) is 46.9 Å². The molecule has 2 rings (SSSR count). The van der Waals surface area contributed by atoms with E-state index >= 15 is 0 Å². The third kappa shape index (κ3) is 3.34. The van der Waals surface area contributed by atoms with Gasteiger partial charge in [-0.15, -0.1) is 0 Å². The molecule has 0 aromatic heterocycles. The van der Waals surface area contributed by atoms with Crippen molar-refractivity contribution in [3.8, 4) is 0 Å². The number of carbonyl (C=O) groups excluding carboxylic acids is 1. The van der Waals surface area contributed by atoms with Crippen molar-refractivity contribution in [2.75, 3.05) is 0 Å². The Labute approximate surface area is 127 Å². The van der Waals surface area contributed by atoms with Crippen molar-refractivity contribution in [3.05, 3.63) is 69.4 Å². The average molecular weight is 335 g/mol. The van der Waals surface area contributed by atoms with Crippen LogP contribution in [0.5, 0.6) is 0 Å². The summed E-state index contributed by atoms with van der Waals surface area (Å²) in [6, 6.07) is 12.0. The lowest BCUT2D eigenvalue weighted by molar-refractivity contribution is 0.103. The summed E-state index contributed by atoms with van der Waals surface area (Å²) >= 11 is 3.24. The van der Waals surface area contributed by atoms with E-state index in [0.717, 1.165) is 12.0 Å². The third-order valence-electron chi connectivity index (χ3n) is 3.02. The zero-order valence-corrected chi connectivity index (χ0v) is 13.1. The smallest absolute Gasteiger partial charge is 0.197 e. The fourth-order valence-corrected chi connectivity index (χ4v) is 2.69. The Morgan fingerprint density at radius 2 is 1.90 bits per heavy atom. The SMILES string of the molecule is CC(C)Cc1cccc(C(=O)c2c(F)cccc2Br)c1. The number of ketones is 1. The molecular weight excluding hydrogens is 319 g/mol. The zero-order valence-electron chi connectivity index (χ0n) is 11.5. The largest absolute Gasteiger partial charge is 0.288 e. The molecule has 0 N–H and O–H groups in total. The maximum atomic E-state index is 13.8. The number of carbonyl (C=O) groups is 1. The summed E-state index contributed by atoms with van der Waals surface area (Å²) in [5.41, 5.74) is 1.71. The van der Waals surface area contributed by atoms with Gasteiger partial charge in [-0.25, -0.2) is 4.39 Å². The fraction of sp³-hybridized carbons (Fsp3) is 0.235. The highest BCUT2D eigenvalue weighted by atomic mass is 79.9. The molecule has 20 heavy (non-hydrogen) atoms. The van der Waals surface area contributed by atoms with Crippen LogP contribution >= 0.6 is 15.9 Å². The summed E-state index contributed by atoms with van der Waals surface area (Å²) in [5, 5.41) is 0. The normalized spacial score (nSPS) is 10.8. The zero-order chi connectivity index (χ0) is 14.7. The second-order valence-corrected chi connectivity index (χ2v) is 6.08. The Bertz CT molecular complexity index is 614. The molecule has 0 aliphatic rings. The van der Waals surface area contributed by atoms with Crippen LogP contribution in [0.2, 0.25) is 0 Å². The first-order valence-electron chi connectivity index (χ1n) is 6.56. The van der Waals surface area contributed by atoms with E-state index < -0.39 is 5.82 Å². The lowest BCUT2D eigenvalue weighted by Crippen LogP contribution is -2.06. The Kier molecular flexibility index (Phi) is 4.71. The van der Waals surface area contributed by atoms with Crippen molar-refractivity contribution in [2.24, 2.45) is 5.92 Å². The molecule has 0 spiro atoms. The molecule has 0 radical (unpaired) electrons. The average Bonchev–Trinajstić information content (AvgIpc) is 2.38. The summed E-state index contributed by atoms with van der Waals surface area (Å²) in [6.07, 6.45) is 0.902. The molecule has 0 amide bonds. The second-order valence-electron chi connectivity index (χ2n) is 5.22. The highest BCUT2D eigenvalue weighted by Gasteiger charge is 2.17. The van der Waals surface area contributed by atoms with Gasteiger partial charge in [0.1, 0.15) is 5.82 Å². The minimum absolute atomic E-state index is 0.0918. The molecule has 0 fully saturated rings. The summed E-state index contributed by atoms with van der Waals surface area (Å²) in [7, 11) is 0. The molecular formula is C17H16BrFO. The van der Waals surface area contributed by atoms with Gasteiger partial charge in [-0.1, -0.05) is 38.1 Å². The topological polar surface area (TPSA) is 17.1 Å². The lowest BCUT2D eigenvalue weighted by Gasteiger charge is -2.08. The van der Waals surface area contributed by atoms with Gasteiger partial charge in [0.2, 0.25) is 0 Å². The highest BCUT2D eigenvalue weighted by Crippen LogP contribution is 2.23. The van der Waals surface area contributed by atoms with Crippen molar-refractivity contribution >= 4 is 21.7 Å². The van der Waals surface area contributed by atoms with Crippen LogP contribution in [0.1, 0.15) is 35.3 Å². The summed E-state index contributed by atoms with van der Waals surface area (Å²) < 4.78 is 14.3. The summed E-state index contributed by atoms with van der Waals surface area (Å²) in [6.45, 7) is 4.25. The predicted octanol–water partition coefficient (Wildman–Crippen LogP) is 5.02. The molecule has 0 saturated carbocycles. The summed E-state index contributed by atoms with van der Waals surface area (Å²) in [4.78, 5) is 12.5. The van der Waals surface area contributed by atoms with Gasteiger partial charge < -0.3 is 0 Å². The molecule has 2 aromatic rings. The number of benzene rings is 2. The van der Waals surface area contributed by atoms with Gasteiger partial charge in [-0.3, -0.25) is 4.79 Å². The van der Waals surface area contributed by atoms with E-state index in [4.69, 9.17) is 0 Å². The first-order valence-corrected chi connectivity index (χ1v) is 7.36. The summed E-state index contributed by atoms with van der Waals surface area (Å²) in [5.74, 6) is -0.278. The van der Waals surface area contributed by atoms with Crippen molar-refractivity contribution in [2.45, 2.75) is 20.3 Å². The van der Waals surface area contributed by atoms with E-state index in [0.29, 0.717) is 16.0 Å². The Hall–Kier alpha value is -1.48. The van der Waals surface area contributed by atoms with E-state index in [2.05, 4.69) is 29.8 Å². The van der Waals surface area contributed by atoms with Crippen molar-refractivity contribution in [3.63, 3.8) is 0 Å². The van der Waals surface area contributed by atoms with E-state index in [1.54, 1.807) is 18.2 Å². The molecule has 104 valence electrons.